The highest BCUT2D eigenvalue weighted by molar-refractivity contribution is 6.15. The molecule has 1 aliphatic heterocycles. The molecular weight excluding hydrogens is 331 g/mol. The van der Waals surface area contributed by atoms with E-state index in [2.05, 4.69) is 4.98 Å². The maximum absolute atomic E-state index is 13.5. The zero-order valence-electron chi connectivity index (χ0n) is 14.2. The van der Waals surface area contributed by atoms with Crippen molar-refractivity contribution >= 4 is 29.0 Å². The molecule has 6 N–H and O–H groups in total. The smallest absolute Gasteiger partial charge is 0.129 e. The van der Waals surface area contributed by atoms with Crippen LogP contribution in [0.4, 0.5) is 15.9 Å². The number of alkyl halides is 1. The van der Waals surface area contributed by atoms with Gasteiger partial charge in [0.25, 0.3) is 0 Å². The van der Waals surface area contributed by atoms with E-state index >= 15 is 0 Å². The number of rotatable bonds is 5. The minimum Gasteiger partial charge on any atom is -0.404 e. The number of nitrogens with two attached hydrogens (primary N) is 2. The van der Waals surface area contributed by atoms with Crippen LogP contribution in [0.15, 0.2) is 42.7 Å². The lowest BCUT2D eigenvalue weighted by Crippen LogP contribution is -2.21. The van der Waals surface area contributed by atoms with E-state index in [-0.39, 0.29) is 7.14 Å². The van der Waals surface area contributed by atoms with Crippen molar-refractivity contribution in [3.05, 3.63) is 59.4 Å². The van der Waals surface area contributed by atoms with Crippen LogP contribution in [0.1, 0.15) is 24.5 Å². The average Bonchev–Trinajstić information content (AvgIpc) is 3.10. The molecule has 1 aromatic carbocycles. The van der Waals surface area contributed by atoms with Crippen LogP contribution in [0.5, 0.6) is 0 Å². The van der Waals surface area contributed by atoms with E-state index in [1.807, 2.05) is 4.90 Å². The summed E-state index contributed by atoms with van der Waals surface area (Å²) in [6.45, 7) is 0.942. The number of benzene rings is 1. The molecule has 6 nitrogen and oxygen atoms in total. The van der Waals surface area contributed by atoms with Gasteiger partial charge in [-0.15, -0.1) is 0 Å². The van der Waals surface area contributed by atoms with Gasteiger partial charge in [0.1, 0.15) is 12.0 Å². The van der Waals surface area contributed by atoms with Gasteiger partial charge in [-0.2, -0.15) is 0 Å². The summed E-state index contributed by atoms with van der Waals surface area (Å²) in [6, 6.07) is 8.72. The third kappa shape index (κ3) is 3.42. The van der Waals surface area contributed by atoms with Crippen LogP contribution in [0.25, 0.3) is 5.57 Å². The molecule has 0 amide bonds. The second kappa shape index (κ2) is 7.35. The van der Waals surface area contributed by atoms with Crippen molar-refractivity contribution < 1.29 is 5.82 Å². The zero-order chi connectivity index (χ0) is 18.7. The Hall–Kier alpha value is -3.22. The molecule has 26 heavy (non-hydrogen) atoms. The van der Waals surface area contributed by atoms with Crippen molar-refractivity contribution in [3.63, 3.8) is 0 Å². The van der Waals surface area contributed by atoms with Crippen molar-refractivity contribution in [3.8, 4) is 0 Å². The van der Waals surface area contributed by atoms with Gasteiger partial charge in [0, 0.05) is 49.0 Å². The Morgan fingerprint density at radius 2 is 2.12 bits per heavy atom. The predicted octanol–water partition coefficient (Wildman–Crippen LogP) is 2.82. The molecule has 0 saturated carbocycles. The number of allylic oxidation sites excluding steroid dienone is 1. The summed E-state index contributed by atoms with van der Waals surface area (Å²) in [5, 5.41) is 16.0. The summed E-state index contributed by atoms with van der Waals surface area (Å²) in [6.07, 6.45) is 3.78. The van der Waals surface area contributed by atoms with Crippen LogP contribution >= 0.6 is 0 Å². The largest absolute Gasteiger partial charge is 0.404 e. The van der Waals surface area contributed by atoms with Gasteiger partial charge in [-0.3, -0.25) is 5.41 Å². The maximum atomic E-state index is 13.5. The van der Waals surface area contributed by atoms with Gasteiger partial charge in [0.05, 0.1) is 12.3 Å². The number of nitrogens with one attached hydrogen (secondary N) is 2. The van der Waals surface area contributed by atoms with Gasteiger partial charge in [-0.1, -0.05) is 6.07 Å². The SMILES string of the molecule is N=C/C(=C\N)c1ccc(N)c(C(=N)c2ccnc(N3CCC(F)C3)c2)c1.[HH]. The second-order valence-corrected chi connectivity index (χ2v) is 6.18. The van der Waals surface area contributed by atoms with Crippen molar-refractivity contribution in [1.82, 2.24) is 4.98 Å². The number of nitrogen functional groups attached to an aromatic ring is 1. The van der Waals surface area contributed by atoms with Crippen LogP contribution in [0, 0.1) is 10.8 Å². The first-order valence-electron chi connectivity index (χ1n) is 8.30. The molecule has 0 aliphatic carbocycles. The number of aromatic nitrogens is 1. The Labute approximate surface area is 152 Å². The summed E-state index contributed by atoms with van der Waals surface area (Å²) < 4.78 is 13.5. The highest BCUT2D eigenvalue weighted by Gasteiger charge is 2.23. The van der Waals surface area contributed by atoms with Gasteiger partial charge in [0.2, 0.25) is 0 Å². The Kier molecular flexibility index (Phi) is 4.97. The first-order chi connectivity index (χ1) is 12.5. The van der Waals surface area contributed by atoms with E-state index in [9.17, 15) is 4.39 Å². The summed E-state index contributed by atoms with van der Waals surface area (Å²) in [4.78, 5) is 6.18. The Morgan fingerprint density at radius 3 is 2.77 bits per heavy atom. The topological polar surface area (TPSA) is 116 Å². The fraction of sp³-hybridized carbons (Fsp3) is 0.211. The van der Waals surface area contributed by atoms with E-state index in [1.165, 1.54) is 6.20 Å². The number of hydrogen-bond acceptors (Lipinski definition) is 6. The van der Waals surface area contributed by atoms with E-state index in [4.69, 9.17) is 22.3 Å². The van der Waals surface area contributed by atoms with Crippen LogP contribution in [-0.4, -0.2) is 36.2 Å². The van der Waals surface area contributed by atoms with Gasteiger partial charge in [-0.05, 0) is 36.2 Å². The number of hydrogen-bond donors (Lipinski definition) is 4. The molecule has 2 aromatic rings. The van der Waals surface area contributed by atoms with Crippen molar-refractivity contribution in [2.24, 2.45) is 5.73 Å². The Morgan fingerprint density at radius 1 is 1.31 bits per heavy atom. The molecular formula is C19H23FN6. The molecule has 1 unspecified atom stereocenters. The van der Waals surface area contributed by atoms with E-state index in [0.29, 0.717) is 53.3 Å². The average molecular weight is 354 g/mol. The Bertz CT molecular complexity index is 882. The van der Waals surface area contributed by atoms with Crippen LogP contribution in [0.3, 0.4) is 0 Å². The molecule has 3 rings (SSSR count). The molecule has 2 heterocycles. The van der Waals surface area contributed by atoms with Crippen molar-refractivity contribution in [2.45, 2.75) is 12.6 Å². The summed E-state index contributed by atoms with van der Waals surface area (Å²) in [5.74, 6) is 0.657. The van der Waals surface area contributed by atoms with Gasteiger partial charge in [-0.25, -0.2) is 9.37 Å². The minimum atomic E-state index is -0.838. The second-order valence-electron chi connectivity index (χ2n) is 6.18. The number of halogens is 1. The summed E-state index contributed by atoms with van der Waals surface area (Å²) in [7, 11) is 0. The molecule has 0 bridgehead atoms. The van der Waals surface area contributed by atoms with E-state index in [1.54, 1.807) is 36.5 Å². The molecule has 136 valence electrons. The molecule has 1 saturated heterocycles. The van der Waals surface area contributed by atoms with E-state index in [0.717, 1.165) is 6.21 Å². The highest BCUT2D eigenvalue weighted by Crippen LogP contribution is 2.25. The number of pyridine rings is 1. The fourth-order valence-electron chi connectivity index (χ4n) is 3.01. The van der Waals surface area contributed by atoms with Gasteiger partial charge in [0.15, 0.2) is 0 Å². The third-order valence-electron chi connectivity index (χ3n) is 4.48. The van der Waals surface area contributed by atoms with Crippen LogP contribution in [0.2, 0.25) is 0 Å². The third-order valence-corrected chi connectivity index (χ3v) is 4.48. The van der Waals surface area contributed by atoms with Crippen LogP contribution < -0.4 is 16.4 Å². The fourth-order valence-corrected chi connectivity index (χ4v) is 3.01. The first kappa shape index (κ1) is 17.6. The van der Waals surface area contributed by atoms with Crippen LogP contribution in [-0.2, 0) is 0 Å². The zero-order valence-corrected chi connectivity index (χ0v) is 14.2. The van der Waals surface area contributed by atoms with Gasteiger partial charge >= 0.3 is 0 Å². The normalized spacial score (nSPS) is 17.3. The van der Waals surface area contributed by atoms with Crippen molar-refractivity contribution in [2.75, 3.05) is 23.7 Å². The monoisotopic (exact) mass is 354 g/mol. The van der Waals surface area contributed by atoms with E-state index < -0.39 is 6.17 Å². The molecule has 1 atom stereocenters. The lowest BCUT2D eigenvalue weighted by atomic mass is 9.97. The molecule has 0 spiro atoms. The lowest BCUT2D eigenvalue weighted by Gasteiger charge is -2.17. The predicted molar refractivity (Wildman–Crippen MR) is 106 cm³/mol. The Balaban J connectivity index is 0.00000261. The summed E-state index contributed by atoms with van der Waals surface area (Å²) in [5.41, 5.74) is 14.8. The highest BCUT2D eigenvalue weighted by atomic mass is 19.1. The van der Waals surface area contributed by atoms with Crippen molar-refractivity contribution in [1.29, 1.82) is 10.8 Å². The quantitative estimate of drug-likeness (QED) is 0.488. The molecule has 0 radical (unpaired) electrons. The standard InChI is InChI=1S/C19H21FN6.H2/c20-15-4-6-26(11-15)18-8-13(3-5-25-18)19(24)16-7-12(1-2-17(16)23)14(9-21)10-22;/h1-3,5,7-10,15,21,24H,4,6,11,22-23H2;1H/b14-10+,21-9?,24-19?;. The lowest BCUT2D eigenvalue weighted by molar-refractivity contribution is 0.364. The minimum absolute atomic E-state index is 0. The first-order valence-corrected chi connectivity index (χ1v) is 8.30. The molecule has 1 aromatic heterocycles. The summed E-state index contributed by atoms with van der Waals surface area (Å²) >= 11 is 0. The number of nitrogens with zero attached hydrogens (tertiary/aromatic N) is 2. The molecule has 1 aliphatic rings. The molecule has 7 heteroatoms. The maximum Gasteiger partial charge on any atom is 0.129 e. The molecule has 1 fully saturated rings. The number of anilines is 2. The van der Waals surface area contributed by atoms with Gasteiger partial charge < -0.3 is 21.8 Å².